The molecular formula is C22H21F3N2O4. The molecule has 3 rings (SSSR count). The standard InChI is InChI=1S/C22H21F3N2O4/c1-13-6-7-18(17(8-13)21(30)31-2)26-20(29)15-10-19(28)27(12-15)11-14-4-3-5-16(9-14)22(23,24)25/h3-9,15H,10-12H2,1-2H3,(H,26,29). The van der Waals surface area contributed by atoms with Crippen molar-refractivity contribution in [2.75, 3.05) is 19.0 Å². The second kappa shape index (κ2) is 8.79. The summed E-state index contributed by atoms with van der Waals surface area (Å²) < 4.78 is 43.5. The Kier molecular flexibility index (Phi) is 6.33. The quantitative estimate of drug-likeness (QED) is 0.727. The van der Waals surface area contributed by atoms with Gasteiger partial charge >= 0.3 is 12.1 Å². The fraction of sp³-hybridized carbons (Fsp3) is 0.318. The van der Waals surface area contributed by atoms with E-state index in [1.807, 2.05) is 0 Å². The molecule has 0 bridgehead atoms. The molecule has 0 aromatic heterocycles. The van der Waals surface area contributed by atoms with Crippen LogP contribution in [0.25, 0.3) is 0 Å². The molecular weight excluding hydrogens is 413 g/mol. The number of anilines is 1. The van der Waals surface area contributed by atoms with Gasteiger partial charge in [0.15, 0.2) is 0 Å². The third-order valence-electron chi connectivity index (χ3n) is 5.05. The third kappa shape index (κ3) is 5.22. The molecule has 6 nitrogen and oxygen atoms in total. The van der Waals surface area contributed by atoms with Gasteiger partial charge in [-0.3, -0.25) is 9.59 Å². The number of methoxy groups -OCH3 is 1. The molecule has 1 atom stereocenters. The fourth-order valence-electron chi connectivity index (χ4n) is 3.45. The summed E-state index contributed by atoms with van der Waals surface area (Å²) >= 11 is 0. The molecule has 31 heavy (non-hydrogen) atoms. The van der Waals surface area contributed by atoms with Gasteiger partial charge in [0.05, 0.1) is 29.8 Å². The molecule has 2 aromatic carbocycles. The zero-order valence-corrected chi connectivity index (χ0v) is 17.0. The van der Waals surface area contributed by atoms with Crippen LogP contribution in [-0.2, 0) is 27.0 Å². The van der Waals surface area contributed by atoms with Crippen LogP contribution in [0.4, 0.5) is 18.9 Å². The van der Waals surface area contributed by atoms with Crippen LogP contribution in [-0.4, -0.2) is 36.3 Å². The van der Waals surface area contributed by atoms with Crippen molar-refractivity contribution in [3.8, 4) is 0 Å². The Bertz CT molecular complexity index is 1020. The molecule has 0 radical (unpaired) electrons. The Balaban J connectivity index is 1.70. The lowest BCUT2D eigenvalue weighted by atomic mass is 10.1. The summed E-state index contributed by atoms with van der Waals surface area (Å²) in [6.45, 7) is 1.84. The van der Waals surface area contributed by atoms with Crippen molar-refractivity contribution in [2.24, 2.45) is 5.92 Å². The molecule has 1 saturated heterocycles. The number of rotatable bonds is 5. The van der Waals surface area contributed by atoms with Crippen LogP contribution in [0.2, 0.25) is 0 Å². The number of ether oxygens (including phenoxy) is 1. The number of nitrogens with zero attached hydrogens (tertiary/aromatic N) is 1. The number of nitrogens with one attached hydrogen (secondary N) is 1. The Morgan fingerprint density at radius 3 is 2.61 bits per heavy atom. The first kappa shape index (κ1) is 22.3. The van der Waals surface area contributed by atoms with Crippen LogP contribution in [0.5, 0.6) is 0 Å². The van der Waals surface area contributed by atoms with Crippen molar-refractivity contribution in [1.82, 2.24) is 4.90 Å². The van der Waals surface area contributed by atoms with Gasteiger partial charge in [0.1, 0.15) is 0 Å². The second-order valence-corrected chi connectivity index (χ2v) is 7.40. The first-order chi connectivity index (χ1) is 14.6. The average molecular weight is 434 g/mol. The van der Waals surface area contributed by atoms with E-state index < -0.39 is 29.5 Å². The monoisotopic (exact) mass is 434 g/mol. The highest BCUT2D eigenvalue weighted by molar-refractivity contribution is 6.03. The zero-order chi connectivity index (χ0) is 22.8. The summed E-state index contributed by atoms with van der Waals surface area (Å²) in [6.07, 6.45) is -4.54. The van der Waals surface area contributed by atoms with Crippen LogP contribution in [0.15, 0.2) is 42.5 Å². The zero-order valence-electron chi connectivity index (χ0n) is 17.0. The number of amides is 2. The van der Waals surface area contributed by atoms with Crippen LogP contribution in [0.3, 0.4) is 0 Å². The predicted molar refractivity (Wildman–Crippen MR) is 106 cm³/mol. The van der Waals surface area contributed by atoms with E-state index in [2.05, 4.69) is 5.32 Å². The Morgan fingerprint density at radius 2 is 1.94 bits per heavy atom. The molecule has 0 aliphatic carbocycles. The normalized spacial score (nSPS) is 16.4. The SMILES string of the molecule is COC(=O)c1cc(C)ccc1NC(=O)C1CC(=O)N(Cc2cccc(C(F)(F)F)c2)C1. The van der Waals surface area contributed by atoms with Crippen molar-refractivity contribution in [1.29, 1.82) is 0 Å². The number of hydrogen-bond donors (Lipinski definition) is 1. The Labute approximate surface area is 177 Å². The fourth-order valence-corrected chi connectivity index (χ4v) is 3.45. The minimum atomic E-state index is -4.47. The smallest absolute Gasteiger partial charge is 0.416 e. The number of likely N-dealkylation sites (tertiary alicyclic amines) is 1. The maximum Gasteiger partial charge on any atom is 0.416 e. The van der Waals surface area contributed by atoms with Gasteiger partial charge in [-0.1, -0.05) is 23.8 Å². The molecule has 1 heterocycles. The maximum atomic E-state index is 12.9. The predicted octanol–water partition coefficient (Wildman–Crippen LogP) is 3.79. The topological polar surface area (TPSA) is 75.7 Å². The first-order valence-electron chi connectivity index (χ1n) is 9.52. The van der Waals surface area contributed by atoms with E-state index in [9.17, 15) is 27.6 Å². The van der Waals surface area contributed by atoms with Gasteiger partial charge in [0, 0.05) is 19.5 Å². The molecule has 164 valence electrons. The lowest BCUT2D eigenvalue weighted by Crippen LogP contribution is -2.28. The van der Waals surface area contributed by atoms with Crippen molar-refractivity contribution in [3.05, 3.63) is 64.7 Å². The van der Waals surface area contributed by atoms with E-state index in [0.29, 0.717) is 5.56 Å². The van der Waals surface area contributed by atoms with Crippen LogP contribution < -0.4 is 5.32 Å². The summed E-state index contributed by atoms with van der Waals surface area (Å²) in [4.78, 5) is 38.4. The highest BCUT2D eigenvalue weighted by atomic mass is 19.4. The summed E-state index contributed by atoms with van der Waals surface area (Å²) in [5.74, 6) is -2.07. The number of aryl methyl sites for hydroxylation is 1. The first-order valence-corrected chi connectivity index (χ1v) is 9.52. The van der Waals surface area contributed by atoms with Gasteiger partial charge in [0.2, 0.25) is 11.8 Å². The van der Waals surface area contributed by atoms with E-state index in [1.165, 1.54) is 24.1 Å². The molecule has 0 saturated carbocycles. The molecule has 1 fully saturated rings. The van der Waals surface area contributed by atoms with Crippen LogP contribution in [0, 0.1) is 12.8 Å². The van der Waals surface area contributed by atoms with Gasteiger partial charge in [0.25, 0.3) is 0 Å². The van der Waals surface area contributed by atoms with Crippen molar-refractivity contribution in [3.63, 3.8) is 0 Å². The Morgan fingerprint density at radius 1 is 1.19 bits per heavy atom. The number of halogens is 3. The molecule has 1 N–H and O–H groups in total. The van der Waals surface area contributed by atoms with E-state index in [4.69, 9.17) is 4.74 Å². The largest absolute Gasteiger partial charge is 0.465 e. The van der Waals surface area contributed by atoms with E-state index in [-0.39, 0.29) is 36.7 Å². The highest BCUT2D eigenvalue weighted by Gasteiger charge is 2.35. The summed E-state index contributed by atoms with van der Waals surface area (Å²) in [5.41, 5.74) is 0.810. The maximum absolute atomic E-state index is 12.9. The van der Waals surface area contributed by atoms with E-state index in [0.717, 1.165) is 17.7 Å². The summed E-state index contributed by atoms with van der Waals surface area (Å²) in [5, 5.41) is 2.66. The van der Waals surface area contributed by atoms with Gasteiger partial charge in [-0.25, -0.2) is 4.79 Å². The van der Waals surface area contributed by atoms with Gasteiger partial charge in [-0.05, 0) is 36.8 Å². The lowest BCUT2D eigenvalue weighted by molar-refractivity contribution is -0.137. The summed E-state index contributed by atoms with van der Waals surface area (Å²) in [6, 6.07) is 9.64. The minimum absolute atomic E-state index is 0.0233. The average Bonchev–Trinajstić information content (AvgIpc) is 3.08. The summed E-state index contributed by atoms with van der Waals surface area (Å²) in [7, 11) is 1.23. The molecule has 1 aliphatic rings. The number of benzene rings is 2. The molecule has 2 amide bonds. The number of carbonyl (C=O) groups excluding carboxylic acids is 3. The number of hydrogen-bond acceptors (Lipinski definition) is 4. The van der Waals surface area contributed by atoms with Gasteiger partial charge < -0.3 is 15.0 Å². The van der Waals surface area contributed by atoms with Crippen molar-refractivity contribution in [2.45, 2.75) is 26.1 Å². The van der Waals surface area contributed by atoms with E-state index >= 15 is 0 Å². The van der Waals surface area contributed by atoms with Crippen molar-refractivity contribution >= 4 is 23.5 Å². The number of esters is 1. The van der Waals surface area contributed by atoms with Crippen molar-refractivity contribution < 1.29 is 32.3 Å². The Hall–Kier alpha value is -3.36. The number of carbonyl (C=O) groups is 3. The minimum Gasteiger partial charge on any atom is -0.465 e. The molecule has 1 aliphatic heterocycles. The van der Waals surface area contributed by atoms with Crippen LogP contribution >= 0.6 is 0 Å². The highest BCUT2D eigenvalue weighted by Crippen LogP contribution is 2.30. The molecule has 1 unspecified atom stereocenters. The van der Waals surface area contributed by atoms with E-state index in [1.54, 1.807) is 25.1 Å². The number of alkyl halides is 3. The lowest BCUT2D eigenvalue weighted by Gasteiger charge is -2.18. The van der Waals surface area contributed by atoms with Gasteiger partial charge in [-0.2, -0.15) is 13.2 Å². The molecule has 2 aromatic rings. The van der Waals surface area contributed by atoms with Crippen LogP contribution in [0.1, 0.15) is 33.5 Å². The molecule has 0 spiro atoms. The molecule has 9 heteroatoms. The third-order valence-corrected chi connectivity index (χ3v) is 5.05. The second-order valence-electron chi connectivity index (χ2n) is 7.40. The van der Waals surface area contributed by atoms with Gasteiger partial charge in [-0.15, -0.1) is 0 Å².